The summed E-state index contributed by atoms with van der Waals surface area (Å²) in [5.74, 6) is 0.878. The van der Waals surface area contributed by atoms with Crippen LogP contribution in [0.3, 0.4) is 0 Å². The topological polar surface area (TPSA) is 60.3 Å². The highest BCUT2D eigenvalue weighted by atomic mass is 32.1. The average Bonchev–Trinajstić information content (AvgIpc) is 3.29. The van der Waals surface area contributed by atoms with Crippen molar-refractivity contribution in [3.63, 3.8) is 0 Å². The van der Waals surface area contributed by atoms with E-state index in [4.69, 9.17) is 4.74 Å². The molecule has 7 heteroatoms. The maximum Gasteiger partial charge on any atom is 0.194 e. The number of piperazine rings is 1. The molecule has 2 aromatic rings. The molecule has 2 heterocycles. The molecule has 1 saturated heterocycles. The lowest BCUT2D eigenvalue weighted by molar-refractivity contribution is 0.00102. The highest BCUT2D eigenvalue weighted by Gasteiger charge is 2.20. The van der Waals surface area contributed by atoms with Crippen molar-refractivity contribution in [2.75, 3.05) is 45.9 Å². The predicted molar refractivity (Wildman–Crippen MR) is 124 cm³/mol. The number of ether oxygens (including phenoxy) is 1. The summed E-state index contributed by atoms with van der Waals surface area (Å²) in [7, 11) is 0. The lowest BCUT2D eigenvalue weighted by Gasteiger charge is -2.36. The smallest absolute Gasteiger partial charge is 0.194 e. The Kier molecular flexibility index (Phi) is 9.14. The standard InChI is InChI=1S/C23H34N4O2S/c1-3-24-23(27-13-11-26(12-14-27)17-22-10-7-15-30-22)25-16-21(28)18-29-19(2)20-8-5-4-6-9-20/h4-10,15,19,21,28H,3,11-14,16-18H2,1-2H3,(H,24,25). The van der Waals surface area contributed by atoms with Gasteiger partial charge < -0.3 is 20.1 Å². The summed E-state index contributed by atoms with van der Waals surface area (Å²) in [6.07, 6.45) is -0.667. The van der Waals surface area contributed by atoms with Gasteiger partial charge in [-0.1, -0.05) is 36.4 Å². The molecule has 0 radical (unpaired) electrons. The third kappa shape index (κ3) is 7.09. The first-order valence-corrected chi connectivity index (χ1v) is 11.7. The Balaban J connectivity index is 1.44. The maximum absolute atomic E-state index is 10.4. The Morgan fingerprint density at radius 2 is 1.93 bits per heavy atom. The van der Waals surface area contributed by atoms with Crippen LogP contribution in [0.5, 0.6) is 0 Å². The third-order valence-corrected chi connectivity index (χ3v) is 6.09. The van der Waals surface area contributed by atoms with E-state index in [1.54, 1.807) is 0 Å². The van der Waals surface area contributed by atoms with Crippen LogP contribution in [0.15, 0.2) is 52.8 Å². The van der Waals surface area contributed by atoms with Crippen molar-refractivity contribution in [1.29, 1.82) is 0 Å². The zero-order valence-corrected chi connectivity index (χ0v) is 18.9. The van der Waals surface area contributed by atoms with Crippen LogP contribution in [0, 0.1) is 0 Å². The summed E-state index contributed by atoms with van der Waals surface area (Å²) in [5.41, 5.74) is 1.11. The van der Waals surface area contributed by atoms with Gasteiger partial charge in [0, 0.05) is 44.1 Å². The molecule has 0 spiro atoms. The number of hydrogen-bond donors (Lipinski definition) is 2. The molecule has 1 aliphatic heterocycles. The molecule has 2 atom stereocenters. The Bertz CT molecular complexity index is 746. The minimum Gasteiger partial charge on any atom is -0.389 e. The minimum atomic E-state index is -0.620. The van der Waals surface area contributed by atoms with Crippen molar-refractivity contribution in [3.8, 4) is 0 Å². The van der Waals surface area contributed by atoms with Gasteiger partial charge >= 0.3 is 0 Å². The van der Waals surface area contributed by atoms with Crippen molar-refractivity contribution in [3.05, 3.63) is 58.3 Å². The van der Waals surface area contributed by atoms with E-state index in [1.807, 2.05) is 48.6 Å². The summed E-state index contributed by atoms with van der Waals surface area (Å²) in [6, 6.07) is 14.4. The first-order chi connectivity index (χ1) is 14.7. The number of guanidine groups is 1. The molecule has 1 aromatic carbocycles. The fourth-order valence-electron chi connectivity index (χ4n) is 3.49. The highest BCUT2D eigenvalue weighted by Crippen LogP contribution is 2.16. The predicted octanol–water partition coefficient (Wildman–Crippen LogP) is 2.97. The van der Waals surface area contributed by atoms with Crippen LogP contribution in [-0.4, -0.2) is 72.8 Å². The van der Waals surface area contributed by atoms with Crippen molar-refractivity contribution < 1.29 is 9.84 Å². The summed E-state index contributed by atoms with van der Waals surface area (Å²) in [4.78, 5) is 10.9. The third-order valence-electron chi connectivity index (χ3n) is 5.23. The summed E-state index contributed by atoms with van der Waals surface area (Å²) in [6.45, 7) is 10.4. The fourth-order valence-corrected chi connectivity index (χ4v) is 4.23. The monoisotopic (exact) mass is 430 g/mol. The number of hydrogen-bond acceptors (Lipinski definition) is 5. The molecule has 0 amide bonds. The van der Waals surface area contributed by atoms with Gasteiger partial charge in [0.15, 0.2) is 5.96 Å². The zero-order chi connectivity index (χ0) is 21.2. The van der Waals surface area contributed by atoms with E-state index < -0.39 is 6.10 Å². The van der Waals surface area contributed by atoms with Gasteiger partial charge in [0.05, 0.1) is 25.4 Å². The number of aliphatic hydroxyl groups is 1. The second kappa shape index (κ2) is 12.1. The van der Waals surface area contributed by atoms with Gasteiger partial charge in [-0.05, 0) is 30.9 Å². The summed E-state index contributed by atoms with van der Waals surface area (Å²) in [5, 5.41) is 15.9. The number of nitrogens with zero attached hydrogens (tertiary/aromatic N) is 3. The Hall–Kier alpha value is -1.93. The molecule has 0 saturated carbocycles. The minimum absolute atomic E-state index is 0.0468. The molecule has 1 aromatic heterocycles. The molecule has 6 nitrogen and oxygen atoms in total. The lowest BCUT2D eigenvalue weighted by atomic mass is 10.1. The van der Waals surface area contributed by atoms with Gasteiger partial charge in [0.1, 0.15) is 0 Å². The van der Waals surface area contributed by atoms with Gasteiger partial charge in [-0.2, -0.15) is 0 Å². The van der Waals surface area contributed by atoms with Gasteiger partial charge in [-0.3, -0.25) is 9.89 Å². The number of aliphatic imine (C=N–C) groups is 1. The number of nitrogens with one attached hydrogen (secondary N) is 1. The average molecular weight is 431 g/mol. The quantitative estimate of drug-likeness (QED) is 0.473. The number of aliphatic hydroxyl groups excluding tert-OH is 1. The zero-order valence-electron chi connectivity index (χ0n) is 18.0. The Morgan fingerprint density at radius 1 is 1.17 bits per heavy atom. The van der Waals surface area contributed by atoms with E-state index in [-0.39, 0.29) is 12.7 Å². The molecule has 3 rings (SSSR count). The highest BCUT2D eigenvalue weighted by molar-refractivity contribution is 7.09. The van der Waals surface area contributed by atoms with Crippen LogP contribution in [0.25, 0.3) is 0 Å². The maximum atomic E-state index is 10.4. The molecule has 2 N–H and O–H groups in total. The second-order valence-electron chi connectivity index (χ2n) is 7.58. The molecule has 1 aliphatic rings. The fraction of sp³-hybridized carbons (Fsp3) is 0.522. The normalized spacial score (nSPS) is 17.7. The van der Waals surface area contributed by atoms with Crippen molar-refractivity contribution in [1.82, 2.24) is 15.1 Å². The molecule has 30 heavy (non-hydrogen) atoms. The molecule has 0 aliphatic carbocycles. The van der Waals surface area contributed by atoms with Crippen molar-refractivity contribution in [2.45, 2.75) is 32.6 Å². The molecular formula is C23H34N4O2S. The molecule has 0 bridgehead atoms. The van der Waals surface area contributed by atoms with E-state index >= 15 is 0 Å². The van der Waals surface area contributed by atoms with Gasteiger partial charge in [0.25, 0.3) is 0 Å². The van der Waals surface area contributed by atoms with Crippen LogP contribution in [0.4, 0.5) is 0 Å². The van der Waals surface area contributed by atoms with Crippen molar-refractivity contribution >= 4 is 17.3 Å². The van der Waals surface area contributed by atoms with E-state index in [0.29, 0.717) is 6.54 Å². The van der Waals surface area contributed by atoms with Gasteiger partial charge in [0.2, 0.25) is 0 Å². The van der Waals surface area contributed by atoms with Crippen molar-refractivity contribution in [2.24, 2.45) is 4.99 Å². The SMILES string of the molecule is CCNC(=NCC(O)COC(C)c1ccccc1)N1CCN(Cc2cccs2)CC1. The van der Waals surface area contributed by atoms with Gasteiger partial charge in [-0.15, -0.1) is 11.3 Å². The summed E-state index contributed by atoms with van der Waals surface area (Å²) >= 11 is 1.82. The molecule has 2 unspecified atom stereocenters. The largest absolute Gasteiger partial charge is 0.389 e. The van der Waals surface area contributed by atoms with E-state index in [0.717, 1.165) is 50.8 Å². The lowest BCUT2D eigenvalue weighted by Crippen LogP contribution is -2.52. The number of thiophene rings is 1. The van der Waals surface area contributed by atoms with Crippen LogP contribution >= 0.6 is 11.3 Å². The molecular weight excluding hydrogens is 396 g/mol. The van der Waals surface area contributed by atoms with Crippen LogP contribution in [0.1, 0.15) is 30.4 Å². The molecule has 164 valence electrons. The first-order valence-electron chi connectivity index (χ1n) is 10.8. The molecule has 1 fully saturated rings. The van der Waals surface area contributed by atoms with Gasteiger partial charge in [-0.25, -0.2) is 0 Å². The Labute approximate surface area is 184 Å². The summed E-state index contributed by atoms with van der Waals surface area (Å²) < 4.78 is 5.83. The number of rotatable bonds is 9. The Morgan fingerprint density at radius 3 is 2.60 bits per heavy atom. The van der Waals surface area contributed by atoms with Crippen LogP contribution in [0.2, 0.25) is 0 Å². The van der Waals surface area contributed by atoms with E-state index in [9.17, 15) is 5.11 Å². The second-order valence-corrected chi connectivity index (χ2v) is 8.61. The number of benzene rings is 1. The first kappa shape index (κ1) is 22.7. The van der Waals surface area contributed by atoms with Crippen LogP contribution in [-0.2, 0) is 11.3 Å². The van der Waals surface area contributed by atoms with E-state index in [2.05, 4.69) is 44.5 Å². The van der Waals surface area contributed by atoms with E-state index in [1.165, 1.54) is 4.88 Å². The van der Waals surface area contributed by atoms with Crippen LogP contribution < -0.4 is 5.32 Å².